The van der Waals surface area contributed by atoms with E-state index in [0.717, 1.165) is 17.4 Å². The van der Waals surface area contributed by atoms with Crippen molar-refractivity contribution in [2.75, 3.05) is 25.1 Å². The summed E-state index contributed by atoms with van der Waals surface area (Å²) in [5.41, 5.74) is -0.947. The lowest BCUT2D eigenvalue weighted by Crippen LogP contribution is -2.55. The van der Waals surface area contributed by atoms with Gasteiger partial charge in [-0.05, 0) is 27.7 Å². The molecule has 1 aromatic rings. The molecule has 0 radical (unpaired) electrons. The standard InChI is InChI=1S/C17H25ClN4O5/c1-11-13(18)20-14(15(25)21(11)9-12(23)24)19-10-22(7-5-6-8-22)16(26)27-17(2,3)4/h5-10H2,1-4H3,(H-,19,20,23,24)/p+1. The number of carboxylic acids is 1. The molecular formula is C17H26ClN4O5+. The Morgan fingerprint density at radius 3 is 2.44 bits per heavy atom. The van der Waals surface area contributed by atoms with Crippen LogP contribution in [0.3, 0.4) is 0 Å². The minimum absolute atomic E-state index is 0.0306. The molecule has 1 aliphatic heterocycles. The first kappa shape index (κ1) is 21.2. The van der Waals surface area contributed by atoms with Crippen LogP contribution in [0, 0.1) is 6.92 Å². The number of carbonyl (C=O) groups excluding carboxylic acids is 1. The number of carbonyl (C=O) groups is 2. The van der Waals surface area contributed by atoms with E-state index in [-0.39, 0.29) is 33.9 Å². The van der Waals surface area contributed by atoms with Crippen molar-refractivity contribution in [2.24, 2.45) is 0 Å². The Morgan fingerprint density at radius 1 is 1.33 bits per heavy atom. The van der Waals surface area contributed by atoms with Gasteiger partial charge in [-0.1, -0.05) is 11.6 Å². The molecule has 150 valence electrons. The van der Waals surface area contributed by atoms with Gasteiger partial charge < -0.3 is 15.2 Å². The minimum atomic E-state index is -1.16. The predicted octanol–water partition coefficient (Wildman–Crippen LogP) is 2.20. The molecule has 1 fully saturated rings. The number of likely N-dealkylation sites (tertiary alicyclic amines) is 1. The second-order valence-corrected chi connectivity index (χ2v) is 8.09. The number of quaternary nitrogens is 1. The van der Waals surface area contributed by atoms with Crippen molar-refractivity contribution >= 4 is 29.5 Å². The Labute approximate surface area is 162 Å². The number of halogens is 1. The first-order chi connectivity index (χ1) is 12.4. The number of amides is 1. The fourth-order valence-electron chi connectivity index (χ4n) is 2.99. The molecule has 27 heavy (non-hydrogen) atoms. The first-order valence-corrected chi connectivity index (χ1v) is 9.15. The zero-order valence-electron chi connectivity index (χ0n) is 16.0. The summed E-state index contributed by atoms with van der Waals surface area (Å²) in [7, 11) is 0. The summed E-state index contributed by atoms with van der Waals surface area (Å²) in [6, 6.07) is 0. The molecule has 2 rings (SSSR count). The van der Waals surface area contributed by atoms with Gasteiger partial charge in [-0.3, -0.25) is 14.2 Å². The summed E-state index contributed by atoms with van der Waals surface area (Å²) in [6.45, 7) is 7.70. The number of aromatic nitrogens is 2. The molecule has 0 saturated carbocycles. The normalized spacial score (nSPS) is 16.2. The Balaban J connectivity index is 2.28. The highest BCUT2D eigenvalue weighted by Crippen LogP contribution is 2.24. The van der Waals surface area contributed by atoms with Gasteiger partial charge in [-0.2, -0.15) is 4.79 Å². The van der Waals surface area contributed by atoms with Crippen molar-refractivity contribution in [3.63, 3.8) is 0 Å². The molecule has 1 amide bonds. The van der Waals surface area contributed by atoms with Gasteiger partial charge in [0.05, 0.1) is 18.8 Å². The highest BCUT2D eigenvalue weighted by atomic mass is 35.5. The summed E-state index contributed by atoms with van der Waals surface area (Å²) in [4.78, 5) is 40.4. The lowest BCUT2D eigenvalue weighted by molar-refractivity contribution is -0.842. The lowest BCUT2D eigenvalue weighted by Gasteiger charge is -2.32. The molecule has 10 heteroatoms. The van der Waals surface area contributed by atoms with E-state index in [1.54, 1.807) is 20.8 Å². The average molecular weight is 402 g/mol. The van der Waals surface area contributed by atoms with Crippen LogP contribution in [0.1, 0.15) is 39.3 Å². The molecule has 0 atom stereocenters. The number of rotatable bonds is 5. The SMILES string of the molecule is Cc1c(Cl)nc(NC[N+]2(C(=O)OC(C)(C)C)CCCC2)c(=O)n1CC(=O)O. The van der Waals surface area contributed by atoms with E-state index < -0.39 is 23.7 Å². The van der Waals surface area contributed by atoms with Gasteiger partial charge in [-0.15, -0.1) is 0 Å². The predicted molar refractivity (Wildman–Crippen MR) is 99.8 cm³/mol. The van der Waals surface area contributed by atoms with Crippen LogP contribution in [0.4, 0.5) is 10.6 Å². The monoisotopic (exact) mass is 401 g/mol. The Bertz CT molecular complexity index is 794. The van der Waals surface area contributed by atoms with Crippen LogP contribution in [-0.2, 0) is 16.1 Å². The molecule has 0 aromatic carbocycles. The van der Waals surface area contributed by atoms with Gasteiger partial charge in [0.25, 0.3) is 5.56 Å². The second-order valence-electron chi connectivity index (χ2n) is 7.74. The van der Waals surface area contributed by atoms with Crippen molar-refractivity contribution in [3.8, 4) is 0 Å². The molecule has 9 nitrogen and oxygen atoms in total. The van der Waals surface area contributed by atoms with Crippen molar-refractivity contribution in [2.45, 2.75) is 52.7 Å². The van der Waals surface area contributed by atoms with Crippen LogP contribution in [0.2, 0.25) is 5.15 Å². The maximum Gasteiger partial charge on any atom is 0.518 e. The summed E-state index contributed by atoms with van der Waals surface area (Å²) >= 11 is 6.05. The number of nitrogens with one attached hydrogen (secondary N) is 1. The molecule has 1 aliphatic rings. The second kappa shape index (κ2) is 7.85. The number of nitrogens with zero attached hydrogens (tertiary/aromatic N) is 3. The minimum Gasteiger partial charge on any atom is -0.480 e. The van der Waals surface area contributed by atoms with Gasteiger partial charge in [0.2, 0.25) is 0 Å². The van der Waals surface area contributed by atoms with E-state index in [9.17, 15) is 14.4 Å². The van der Waals surface area contributed by atoms with Crippen LogP contribution < -0.4 is 10.9 Å². The maximum atomic E-state index is 12.7. The topological polar surface area (TPSA) is 111 Å². The number of hydrogen-bond donors (Lipinski definition) is 2. The molecule has 1 saturated heterocycles. The van der Waals surface area contributed by atoms with Crippen LogP contribution in [0.5, 0.6) is 0 Å². The molecule has 0 aliphatic carbocycles. The van der Waals surface area contributed by atoms with E-state index in [1.807, 2.05) is 0 Å². The van der Waals surface area contributed by atoms with E-state index in [0.29, 0.717) is 13.1 Å². The number of ether oxygens (including phenoxy) is 1. The van der Waals surface area contributed by atoms with Crippen molar-refractivity contribution in [1.82, 2.24) is 9.55 Å². The van der Waals surface area contributed by atoms with Gasteiger partial charge >= 0.3 is 12.1 Å². The summed E-state index contributed by atoms with van der Waals surface area (Å²) in [5.74, 6) is -1.25. The largest absolute Gasteiger partial charge is 0.518 e. The fourth-order valence-corrected chi connectivity index (χ4v) is 3.18. The molecule has 1 aromatic heterocycles. The number of aliphatic carboxylic acids is 1. The van der Waals surface area contributed by atoms with Crippen LogP contribution in [0.25, 0.3) is 0 Å². The summed E-state index contributed by atoms with van der Waals surface area (Å²) in [6.07, 6.45) is 1.37. The number of hydrogen-bond acceptors (Lipinski definition) is 6. The quantitative estimate of drug-likeness (QED) is 0.727. The highest BCUT2D eigenvalue weighted by Gasteiger charge is 2.43. The van der Waals surface area contributed by atoms with Crippen molar-refractivity contribution < 1.29 is 23.9 Å². The fraction of sp³-hybridized carbons (Fsp3) is 0.647. The smallest absolute Gasteiger partial charge is 0.480 e. The van der Waals surface area contributed by atoms with Crippen molar-refractivity contribution in [3.05, 3.63) is 21.2 Å². The van der Waals surface area contributed by atoms with Gasteiger partial charge in [-0.25, -0.2) is 9.47 Å². The first-order valence-electron chi connectivity index (χ1n) is 8.77. The van der Waals surface area contributed by atoms with Crippen LogP contribution in [0.15, 0.2) is 4.79 Å². The number of anilines is 1. The summed E-state index contributed by atoms with van der Waals surface area (Å²) in [5, 5.41) is 11.9. The molecule has 0 bridgehead atoms. The zero-order valence-corrected chi connectivity index (χ0v) is 16.8. The zero-order chi connectivity index (χ0) is 20.4. The molecule has 2 N–H and O–H groups in total. The van der Waals surface area contributed by atoms with Gasteiger partial charge in [0.15, 0.2) is 17.6 Å². The third-order valence-electron chi connectivity index (χ3n) is 4.41. The molecule has 2 heterocycles. The van der Waals surface area contributed by atoms with Crippen LogP contribution >= 0.6 is 11.6 Å². The van der Waals surface area contributed by atoms with Crippen molar-refractivity contribution in [1.29, 1.82) is 0 Å². The van der Waals surface area contributed by atoms with Gasteiger partial charge in [0, 0.05) is 12.8 Å². The Hall–Kier alpha value is -2.13. The third kappa shape index (κ3) is 4.98. The Kier molecular flexibility index (Phi) is 6.16. The molecular weight excluding hydrogens is 376 g/mol. The molecule has 0 unspecified atom stereocenters. The highest BCUT2D eigenvalue weighted by molar-refractivity contribution is 6.30. The lowest BCUT2D eigenvalue weighted by atomic mass is 10.2. The number of carboxylic acid groups (broad SMARTS) is 1. The maximum absolute atomic E-state index is 12.7. The molecule has 0 spiro atoms. The average Bonchev–Trinajstić information content (AvgIpc) is 3.02. The van der Waals surface area contributed by atoms with Crippen LogP contribution in [-0.4, -0.2) is 56.6 Å². The van der Waals surface area contributed by atoms with E-state index in [4.69, 9.17) is 21.4 Å². The van der Waals surface area contributed by atoms with E-state index >= 15 is 0 Å². The van der Waals surface area contributed by atoms with E-state index in [2.05, 4.69) is 10.3 Å². The van der Waals surface area contributed by atoms with Gasteiger partial charge in [0.1, 0.15) is 12.1 Å². The Morgan fingerprint density at radius 2 is 1.93 bits per heavy atom. The van der Waals surface area contributed by atoms with E-state index in [1.165, 1.54) is 6.92 Å². The summed E-state index contributed by atoms with van der Waals surface area (Å²) < 4.78 is 6.62. The third-order valence-corrected chi connectivity index (χ3v) is 4.76.